The lowest BCUT2D eigenvalue weighted by Gasteiger charge is -2.12. The van der Waals surface area contributed by atoms with Crippen molar-refractivity contribution in [3.63, 3.8) is 0 Å². The number of aromatic amines is 1. The van der Waals surface area contributed by atoms with Gasteiger partial charge >= 0.3 is 0 Å². The highest BCUT2D eigenvalue weighted by Crippen LogP contribution is 2.35. The molecule has 1 heterocycles. The molecule has 2 rings (SSSR count). The van der Waals surface area contributed by atoms with E-state index in [0.29, 0.717) is 25.4 Å². The molecule has 10 heteroatoms. The molecular formula is C18H23Br2N5O3. The Morgan fingerprint density at radius 1 is 1.32 bits per heavy atom. The van der Waals surface area contributed by atoms with E-state index < -0.39 is 5.91 Å². The van der Waals surface area contributed by atoms with Crippen LogP contribution in [-0.2, 0) is 17.6 Å². The van der Waals surface area contributed by atoms with Gasteiger partial charge in [-0.3, -0.25) is 4.79 Å². The molecule has 0 bridgehead atoms. The molecule has 0 spiro atoms. The maximum absolute atomic E-state index is 12.3. The molecule has 0 fully saturated rings. The van der Waals surface area contributed by atoms with Gasteiger partial charge in [0.1, 0.15) is 17.3 Å². The fourth-order valence-electron chi connectivity index (χ4n) is 2.46. The molecule has 0 aliphatic carbocycles. The zero-order chi connectivity index (χ0) is 20.4. The van der Waals surface area contributed by atoms with Crippen molar-refractivity contribution in [1.82, 2.24) is 15.3 Å². The van der Waals surface area contributed by atoms with Gasteiger partial charge in [-0.05, 0) is 68.9 Å². The third-order valence-electron chi connectivity index (χ3n) is 3.84. The summed E-state index contributed by atoms with van der Waals surface area (Å²) in [4.78, 5) is 19.4. The zero-order valence-corrected chi connectivity index (χ0v) is 18.4. The lowest BCUT2D eigenvalue weighted by molar-refractivity contribution is -0.115. The minimum Gasteiger partial charge on any atom is -0.491 e. The summed E-state index contributed by atoms with van der Waals surface area (Å²) in [5.41, 5.74) is 6.31. The van der Waals surface area contributed by atoms with Crippen molar-refractivity contribution in [2.24, 2.45) is 10.9 Å². The summed E-state index contributed by atoms with van der Waals surface area (Å²) in [5.74, 6) is 1.13. The number of hydrogen-bond donors (Lipinski definition) is 4. The lowest BCUT2D eigenvalue weighted by atomic mass is 10.1. The topological polar surface area (TPSA) is 126 Å². The Kier molecular flexibility index (Phi) is 9.45. The first kappa shape index (κ1) is 22.4. The number of amides is 1. The van der Waals surface area contributed by atoms with Gasteiger partial charge in [0.2, 0.25) is 0 Å². The van der Waals surface area contributed by atoms with E-state index in [1.807, 2.05) is 12.1 Å². The van der Waals surface area contributed by atoms with Crippen molar-refractivity contribution in [1.29, 1.82) is 0 Å². The number of ether oxygens (including phenoxy) is 1. The maximum atomic E-state index is 12.3. The fourth-order valence-corrected chi connectivity index (χ4v) is 3.97. The zero-order valence-electron chi connectivity index (χ0n) is 15.3. The Bertz CT molecular complexity index is 774. The van der Waals surface area contributed by atoms with Crippen LogP contribution in [-0.4, -0.2) is 46.5 Å². The molecule has 28 heavy (non-hydrogen) atoms. The largest absolute Gasteiger partial charge is 0.491 e. The van der Waals surface area contributed by atoms with E-state index in [9.17, 15) is 10.0 Å². The highest BCUT2D eigenvalue weighted by molar-refractivity contribution is 9.11. The number of H-pyrrole nitrogens is 1. The minimum absolute atomic E-state index is 0.0357. The number of oxime groups is 1. The van der Waals surface area contributed by atoms with Crippen LogP contribution in [0.3, 0.4) is 0 Å². The van der Waals surface area contributed by atoms with E-state index in [-0.39, 0.29) is 12.1 Å². The lowest BCUT2D eigenvalue weighted by Crippen LogP contribution is -2.33. The number of hydrogen-bond acceptors (Lipinski definition) is 6. The number of aromatic nitrogens is 2. The van der Waals surface area contributed by atoms with Crippen molar-refractivity contribution in [3.05, 3.63) is 44.9 Å². The van der Waals surface area contributed by atoms with Crippen LogP contribution < -0.4 is 15.8 Å². The van der Waals surface area contributed by atoms with Gasteiger partial charge in [0, 0.05) is 31.8 Å². The summed E-state index contributed by atoms with van der Waals surface area (Å²) in [6.45, 7) is 1.52. The summed E-state index contributed by atoms with van der Waals surface area (Å²) in [7, 11) is 0. The van der Waals surface area contributed by atoms with Crippen LogP contribution in [0.25, 0.3) is 0 Å². The molecule has 152 valence electrons. The van der Waals surface area contributed by atoms with Gasteiger partial charge in [-0.25, -0.2) is 4.98 Å². The summed E-state index contributed by atoms with van der Waals surface area (Å²) in [6.07, 6.45) is 5.83. The quantitative estimate of drug-likeness (QED) is 0.158. The summed E-state index contributed by atoms with van der Waals surface area (Å²) in [5, 5.41) is 15.2. The van der Waals surface area contributed by atoms with Crippen LogP contribution in [0, 0.1) is 0 Å². The van der Waals surface area contributed by atoms with Crippen LogP contribution in [0.2, 0.25) is 0 Å². The monoisotopic (exact) mass is 515 g/mol. The number of nitrogens with one attached hydrogen (secondary N) is 2. The first-order valence-corrected chi connectivity index (χ1v) is 10.4. The average Bonchev–Trinajstić information content (AvgIpc) is 3.19. The molecule has 5 N–H and O–H groups in total. The van der Waals surface area contributed by atoms with Crippen molar-refractivity contribution in [2.45, 2.75) is 25.7 Å². The van der Waals surface area contributed by atoms with Gasteiger partial charge in [0.15, 0.2) is 0 Å². The minimum atomic E-state index is -0.405. The van der Waals surface area contributed by atoms with E-state index in [1.165, 1.54) is 0 Å². The third-order valence-corrected chi connectivity index (χ3v) is 5.02. The SMILES string of the molecule is NCCCOc1c(Br)cc(CC(=NO)C(=O)NCCCc2ncc[nH]2)cc1Br. The molecule has 2 aromatic rings. The second-order valence-corrected chi connectivity index (χ2v) is 7.71. The predicted octanol–water partition coefficient (Wildman–Crippen LogP) is 2.78. The number of nitrogens with zero attached hydrogens (tertiary/aromatic N) is 2. The van der Waals surface area contributed by atoms with Gasteiger partial charge in [0.25, 0.3) is 5.91 Å². The van der Waals surface area contributed by atoms with Gasteiger partial charge < -0.3 is 26.0 Å². The van der Waals surface area contributed by atoms with Crippen LogP contribution in [0.4, 0.5) is 0 Å². The molecule has 0 saturated carbocycles. The molecule has 0 saturated heterocycles. The number of rotatable bonds is 11. The Balaban J connectivity index is 1.89. The van der Waals surface area contributed by atoms with E-state index in [0.717, 1.165) is 39.6 Å². The summed E-state index contributed by atoms with van der Waals surface area (Å²) < 4.78 is 7.18. The highest BCUT2D eigenvalue weighted by atomic mass is 79.9. The Morgan fingerprint density at radius 2 is 2.07 bits per heavy atom. The van der Waals surface area contributed by atoms with Crippen LogP contribution in [0.5, 0.6) is 5.75 Å². The number of imidazole rings is 1. The van der Waals surface area contributed by atoms with E-state index in [1.54, 1.807) is 12.4 Å². The molecule has 0 aliphatic rings. The third kappa shape index (κ3) is 6.92. The van der Waals surface area contributed by atoms with E-state index in [2.05, 4.69) is 52.3 Å². The second kappa shape index (κ2) is 11.8. The predicted molar refractivity (Wildman–Crippen MR) is 114 cm³/mol. The first-order valence-electron chi connectivity index (χ1n) is 8.83. The molecule has 1 aromatic carbocycles. The molecule has 0 radical (unpaired) electrons. The van der Waals surface area contributed by atoms with Gasteiger partial charge in [-0.1, -0.05) is 5.16 Å². The number of carbonyl (C=O) groups excluding carboxylic acids is 1. The highest BCUT2D eigenvalue weighted by Gasteiger charge is 2.16. The molecule has 0 aliphatic heterocycles. The van der Waals surface area contributed by atoms with Crippen molar-refractivity contribution < 1.29 is 14.7 Å². The first-order chi connectivity index (χ1) is 13.5. The smallest absolute Gasteiger partial charge is 0.269 e. The van der Waals surface area contributed by atoms with Gasteiger partial charge in [-0.2, -0.15) is 0 Å². The number of aryl methyl sites for hydroxylation is 1. The number of halogens is 2. The maximum Gasteiger partial charge on any atom is 0.269 e. The fraction of sp³-hybridized carbons (Fsp3) is 0.389. The van der Waals surface area contributed by atoms with Gasteiger partial charge in [0.05, 0.1) is 15.6 Å². The number of benzene rings is 1. The molecule has 8 nitrogen and oxygen atoms in total. The molecular weight excluding hydrogens is 494 g/mol. The second-order valence-electron chi connectivity index (χ2n) is 6.00. The standard InChI is InChI=1S/C18H23Br2N5O3/c19-13-9-12(10-14(20)17(13)28-8-2-4-21)11-15(25-27)18(26)24-5-1-3-16-22-6-7-23-16/h6-7,9-10,27H,1-5,8,11,21H2,(H,22,23)(H,24,26). The van der Waals surface area contributed by atoms with Crippen molar-refractivity contribution in [3.8, 4) is 5.75 Å². The molecule has 1 amide bonds. The van der Waals surface area contributed by atoms with E-state index >= 15 is 0 Å². The molecule has 0 unspecified atom stereocenters. The number of nitrogens with two attached hydrogens (primary N) is 1. The Morgan fingerprint density at radius 3 is 2.68 bits per heavy atom. The Labute approximate surface area is 180 Å². The molecule has 0 atom stereocenters. The summed E-state index contributed by atoms with van der Waals surface area (Å²) >= 11 is 6.94. The van der Waals surface area contributed by atoms with Crippen molar-refractivity contribution >= 4 is 43.5 Å². The summed E-state index contributed by atoms with van der Waals surface area (Å²) in [6, 6.07) is 3.66. The average molecular weight is 517 g/mol. The van der Waals surface area contributed by atoms with E-state index in [4.69, 9.17) is 10.5 Å². The normalized spacial score (nSPS) is 11.5. The van der Waals surface area contributed by atoms with Crippen LogP contribution in [0.15, 0.2) is 38.6 Å². The number of carbonyl (C=O) groups is 1. The van der Waals surface area contributed by atoms with Gasteiger partial charge in [-0.15, -0.1) is 0 Å². The Hall–Kier alpha value is -1.91. The molecule has 1 aromatic heterocycles. The van der Waals surface area contributed by atoms with Crippen LogP contribution in [0.1, 0.15) is 24.2 Å². The van der Waals surface area contributed by atoms with Crippen molar-refractivity contribution in [2.75, 3.05) is 19.7 Å². The van der Waals surface area contributed by atoms with Crippen LogP contribution >= 0.6 is 31.9 Å².